The van der Waals surface area contributed by atoms with E-state index in [1.165, 1.54) is 18.0 Å². The number of hydrogen-bond donors (Lipinski definition) is 2. The van der Waals surface area contributed by atoms with E-state index in [0.29, 0.717) is 5.56 Å². The lowest BCUT2D eigenvalue weighted by atomic mass is 10.2. The second kappa shape index (κ2) is 7.08. The fraction of sp³-hybridized carbons (Fsp3) is 0.333. The quantitative estimate of drug-likeness (QED) is 0.868. The molecule has 0 heterocycles. The van der Waals surface area contributed by atoms with Crippen LogP contribution in [-0.2, 0) is 11.3 Å². The molecule has 0 aliphatic carbocycles. The first-order chi connectivity index (χ1) is 8.90. The molecule has 0 fully saturated rings. The Hall–Kier alpha value is -1.63. The Labute approximate surface area is 118 Å². The highest BCUT2D eigenvalue weighted by atomic mass is 79.9. The number of carbonyl (C=O) groups is 2. The fourth-order valence-corrected chi connectivity index (χ4v) is 1.81. The highest BCUT2D eigenvalue weighted by Crippen LogP contribution is 2.16. The summed E-state index contributed by atoms with van der Waals surface area (Å²) >= 11 is 3.23. The number of nitrogens with one attached hydrogen (secondary N) is 1. The molecule has 7 heteroatoms. The van der Waals surface area contributed by atoms with Crippen molar-refractivity contribution in [2.45, 2.75) is 13.0 Å². The van der Waals surface area contributed by atoms with Gasteiger partial charge in [0.15, 0.2) is 0 Å². The van der Waals surface area contributed by atoms with Crippen LogP contribution in [0.5, 0.6) is 0 Å². The Morgan fingerprint density at radius 3 is 2.79 bits per heavy atom. The van der Waals surface area contributed by atoms with Crippen LogP contribution in [0.4, 0.5) is 9.18 Å². The van der Waals surface area contributed by atoms with Crippen LogP contribution in [0.25, 0.3) is 0 Å². The number of benzene rings is 1. The predicted octanol–water partition coefficient (Wildman–Crippen LogP) is 2.20. The molecule has 0 aliphatic rings. The van der Waals surface area contributed by atoms with Crippen molar-refractivity contribution in [3.05, 3.63) is 34.1 Å². The molecule has 0 saturated heterocycles. The number of carbonyl (C=O) groups excluding carboxylic acids is 1. The van der Waals surface area contributed by atoms with E-state index in [9.17, 15) is 14.0 Å². The first-order valence-electron chi connectivity index (χ1n) is 5.55. The Morgan fingerprint density at radius 1 is 1.47 bits per heavy atom. The van der Waals surface area contributed by atoms with Gasteiger partial charge in [-0.2, -0.15) is 0 Å². The predicted molar refractivity (Wildman–Crippen MR) is 71.2 cm³/mol. The molecular weight excluding hydrogens is 319 g/mol. The lowest BCUT2D eigenvalue weighted by molar-refractivity contribution is -0.136. The molecule has 0 bridgehead atoms. The van der Waals surface area contributed by atoms with Crippen LogP contribution >= 0.6 is 15.9 Å². The van der Waals surface area contributed by atoms with Crippen molar-refractivity contribution in [3.8, 4) is 0 Å². The molecule has 2 amide bonds. The zero-order valence-corrected chi connectivity index (χ0v) is 11.9. The van der Waals surface area contributed by atoms with Gasteiger partial charge in [-0.3, -0.25) is 4.79 Å². The lowest BCUT2D eigenvalue weighted by Crippen LogP contribution is -2.37. The van der Waals surface area contributed by atoms with Crippen LogP contribution in [-0.4, -0.2) is 35.6 Å². The summed E-state index contributed by atoms with van der Waals surface area (Å²) in [5.41, 5.74) is 0.380. The van der Waals surface area contributed by atoms with Gasteiger partial charge >= 0.3 is 12.0 Å². The van der Waals surface area contributed by atoms with Gasteiger partial charge in [-0.05, 0) is 18.2 Å². The van der Waals surface area contributed by atoms with E-state index < -0.39 is 17.8 Å². The smallest absolute Gasteiger partial charge is 0.317 e. The van der Waals surface area contributed by atoms with Crippen molar-refractivity contribution in [1.82, 2.24) is 10.2 Å². The zero-order valence-electron chi connectivity index (χ0n) is 10.3. The summed E-state index contributed by atoms with van der Waals surface area (Å²) in [6.07, 6.45) is -0.148. The molecule has 1 aromatic carbocycles. The summed E-state index contributed by atoms with van der Waals surface area (Å²) in [6, 6.07) is 4.04. The maximum Gasteiger partial charge on any atom is 0.317 e. The zero-order chi connectivity index (χ0) is 14.4. The second-order valence-corrected chi connectivity index (χ2v) is 4.88. The van der Waals surface area contributed by atoms with Crippen LogP contribution < -0.4 is 5.32 Å². The lowest BCUT2D eigenvalue weighted by Gasteiger charge is -2.18. The molecule has 0 aliphatic heterocycles. The highest BCUT2D eigenvalue weighted by molar-refractivity contribution is 9.10. The van der Waals surface area contributed by atoms with Gasteiger partial charge in [0.05, 0.1) is 6.42 Å². The molecule has 0 spiro atoms. The molecule has 104 valence electrons. The first-order valence-corrected chi connectivity index (χ1v) is 6.34. The summed E-state index contributed by atoms with van der Waals surface area (Å²) < 4.78 is 14.2. The summed E-state index contributed by atoms with van der Waals surface area (Å²) in [4.78, 5) is 23.2. The van der Waals surface area contributed by atoms with Crippen molar-refractivity contribution in [2.24, 2.45) is 0 Å². The van der Waals surface area contributed by atoms with E-state index in [1.54, 1.807) is 12.1 Å². The Balaban J connectivity index is 2.53. The van der Waals surface area contributed by atoms with E-state index in [4.69, 9.17) is 5.11 Å². The molecule has 2 N–H and O–H groups in total. The number of urea groups is 1. The van der Waals surface area contributed by atoms with Crippen LogP contribution in [0.3, 0.4) is 0 Å². The molecule has 5 nitrogen and oxygen atoms in total. The number of amides is 2. The van der Waals surface area contributed by atoms with Crippen molar-refractivity contribution < 1.29 is 19.1 Å². The summed E-state index contributed by atoms with van der Waals surface area (Å²) in [6.45, 7) is 0.143. The number of rotatable bonds is 5. The Bertz CT molecular complexity index is 482. The minimum absolute atomic E-state index is 0.0411. The van der Waals surface area contributed by atoms with Crippen LogP contribution in [0.15, 0.2) is 22.7 Å². The average Bonchev–Trinajstić information content (AvgIpc) is 2.33. The van der Waals surface area contributed by atoms with E-state index in [2.05, 4.69) is 21.2 Å². The third-order valence-electron chi connectivity index (χ3n) is 2.38. The molecule has 1 aromatic rings. The fourth-order valence-electron chi connectivity index (χ4n) is 1.40. The normalized spacial score (nSPS) is 10.1. The van der Waals surface area contributed by atoms with E-state index in [1.807, 2.05) is 0 Å². The molecule has 0 unspecified atom stereocenters. The molecular formula is C12H14BrFN2O3. The van der Waals surface area contributed by atoms with Crippen molar-refractivity contribution in [3.63, 3.8) is 0 Å². The summed E-state index contributed by atoms with van der Waals surface area (Å²) in [7, 11) is 1.51. The van der Waals surface area contributed by atoms with Gasteiger partial charge in [-0.25, -0.2) is 9.18 Å². The maximum absolute atomic E-state index is 13.5. The maximum atomic E-state index is 13.5. The first kappa shape index (κ1) is 15.4. The number of aliphatic carboxylic acids is 1. The average molecular weight is 333 g/mol. The van der Waals surface area contributed by atoms with Gasteiger partial charge in [0.1, 0.15) is 5.82 Å². The molecule has 0 radical (unpaired) electrons. The molecule has 0 aromatic heterocycles. The molecule has 1 rings (SSSR count). The van der Waals surface area contributed by atoms with Gasteiger partial charge in [0, 0.05) is 30.2 Å². The third-order valence-corrected chi connectivity index (χ3v) is 2.87. The topological polar surface area (TPSA) is 69.6 Å². The number of hydrogen-bond acceptors (Lipinski definition) is 2. The van der Waals surface area contributed by atoms with E-state index in [0.717, 1.165) is 4.47 Å². The minimum atomic E-state index is -0.985. The van der Waals surface area contributed by atoms with Crippen molar-refractivity contribution in [2.75, 3.05) is 13.6 Å². The Morgan fingerprint density at radius 2 is 2.16 bits per heavy atom. The van der Waals surface area contributed by atoms with Crippen LogP contribution in [0, 0.1) is 5.82 Å². The third kappa shape index (κ3) is 5.25. The second-order valence-electron chi connectivity index (χ2n) is 3.97. The molecule has 0 saturated carbocycles. The largest absolute Gasteiger partial charge is 0.481 e. The monoisotopic (exact) mass is 332 g/mol. The van der Waals surface area contributed by atoms with Crippen molar-refractivity contribution >= 4 is 27.9 Å². The minimum Gasteiger partial charge on any atom is -0.481 e. The number of carboxylic acids is 1. The van der Waals surface area contributed by atoms with Gasteiger partial charge < -0.3 is 15.3 Å². The van der Waals surface area contributed by atoms with Gasteiger partial charge in [0.2, 0.25) is 0 Å². The number of nitrogens with zero attached hydrogens (tertiary/aromatic N) is 1. The van der Waals surface area contributed by atoms with Gasteiger partial charge in [0.25, 0.3) is 0 Å². The van der Waals surface area contributed by atoms with Crippen molar-refractivity contribution in [1.29, 1.82) is 0 Å². The number of halogens is 2. The van der Waals surface area contributed by atoms with Gasteiger partial charge in [-0.1, -0.05) is 15.9 Å². The standard InChI is InChI=1S/C12H14BrFN2O3/c1-16(12(19)15-5-4-11(17)18)7-8-6-9(13)2-3-10(8)14/h2-3,6H,4-5,7H2,1H3,(H,15,19)(H,17,18). The number of carboxylic acid groups (broad SMARTS) is 1. The van der Waals surface area contributed by atoms with E-state index in [-0.39, 0.29) is 19.5 Å². The van der Waals surface area contributed by atoms with E-state index >= 15 is 0 Å². The SMILES string of the molecule is CN(Cc1cc(Br)ccc1F)C(=O)NCCC(=O)O. The summed E-state index contributed by atoms with van der Waals surface area (Å²) in [5.74, 6) is -1.38. The Kier molecular flexibility index (Phi) is 5.75. The molecule has 0 atom stereocenters. The van der Waals surface area contributed by atoms with Gasteiger partial charge in [-0.15, -0.1) is 0 Å². The van der Waals surface area contributed by atoms with Crippen LogP contribution in [0.1, 0.15) is 12.0 Å². The van der Waals surface area contributed by atoms with Crippen LogP contribution in [0.2, 0.25) is 0 Å². The molecule has 19 heavy (non-hydrogen) atoms. The highest BCUT2D eigenvalue weighted by Gasteiger charge is 2.12. The summed E-state index contributed by atoms with van der Waals surface area (Å²) in [5, 5.41) is 10.9.